The van der Waals surface area contributed by atoms with E-state index in [2.05, 4.69) is 31.8 Å². The van der Waals surface area contributed by atoms with Crippen LogP contribution in [0.4, 0.5) is 0 Å². The van der Waals surface area contributed by atoms with E-state index in [0.29, 0.717) is 19.3 Å². The lowest BCUT2D eigenvalue weighted by atomic mass is 9.95. The molecule has 116 valence electrons. The molecule has 1 aliphatic carbocycles. The summed E-state index contributed by atoms with van der Waals surface area (Å²) >= 11 is 0. The Balaban J connectivity index is 1.44. The lowest BCUT2D eigenvalue weighted by Crippen LogP contribution is -2.39. The van der Waals surface area contributed by atoms with Gasteiger partial charge in [0.2, 0.25) is 5.91 Å². The minimum Gasteiger partial charge on any atom is -0.353 e. The minimum absolute atomic E-state index is 0.0507. The molecule has 1 atom stereocenters. The highest BCUT2D eigenvalue weighted by Gasteiger charge is 2.39. The molecule has 3 rings (SSSR count). The predicted octanol–water partition coefficient (Wildman–Crippen LogP) is 1.14. The third-order valence-corrected chi connectivity index (χ3v) is 4.36. The van der Waals surface area contributed by atoms with E-state index in [1.807, 2.05) is 11.7 Å². The zero-order chi connectivity index (χ0) is 15.6. The van der Waals surface area contributed by atoms with Crippen molar-refractivity contribution < 1.29 is 4.79 Å². The second-order valence-corrected chi connectivity index (χ2v) is 6.00. The highest BCUT2D eigenvalue weighted by Crippen LogP contribution is 2.37. The fourth-order valence-corrected chi connectivity index (χ4v) is 2.94. The summed E-state index contributed by atoms with van der Waals surface area (Å²) in [6.45, 7) is 0. The number of fused-ring (bicyclic) bond motifs is 1. The van der Waals surface area contributed by atoms with E-state index in [0.717, 1.165) is 31.4 Å². The number of carbonyl (C=O) groups excluding carboxylic acids is 1. The first-order chi connectivity index (χ1) is 10.6. The predicted molar refractivity (Wildman–Crippen MR) is 79.8 cm³/mol. The van der Waals surface area contributed by atoms with Crippen LogP contribution in [0, 0.1) is 12.3 Å². The number of amides is 1. The topological polar surface area (TPSA) is 84.5 Å². The van der Waals surface area contributed by atoms with Gasteiger partial charge in [0, 0.05) is 45.2 Å². The summed E-state index contributed by atoms with van der Waals surface area (Å²) in [5.74, 6) is 2.64. The van der Waals surface area contributed by atoms with Crippen molar-refractivity contribution in [2.24, 2.45) is 17.3 Å². The number of rotatable bonds is 6. The fraction of sp³-hybridized carbons (Fsp3) is 0.667. The summed E-state index contributed by atoms with van der Waals surface area (Å²) in [6.07, 6.45) is 10.3. The monoisotopic (exact) mass is 300 g/mol. The Bertz CT molecular complexity index is 635. The summed E-state index contributed by atoms with van der Waals surface area (Å²) < 4.78 is 1.82. The zero-order valence-corrected chi connectivity index (χ0v) is 12.7. The lowest BCUT2D eigenvalue weighted by Gasteiger charge is -2.22. The zero-order valence-electron chi connectivity index (χ0n) is 12.7. The number of aromatic nitrogens is 3. The number of hydrogen-bond acceptors (Lipinski definition) is 5. The van der Waals surface area contributed by atoms with Crippen LogP contribution in [0.3, 0.4) is 0 Å². The molecular formula is C15H20N6O. The van der Waals surface area contributed by atoms with Crippen molar-refractivity contribution in [2.75, 3.05) is 0 Å². The maximum absolute atomic E-state index is 12.1. The molecule has 0 saturated carbocycles. The number of carbonyl (C=O) groups is 1. The molecule has 22 heavy (non-hydrogen) atoms. The molecule has 0 saturated heterocycles. The second kappa shape index (κ2) is 5.87. The van der Waals surface area contributed by atoms with Crippen LogP contribution in [0.25, 0.3) is 0 Å². The van der Waals surface area contributed by atoms with Crippen LogP contribution >= 0.6 is 0 Å². The molecule has 0 fully saturated rings. The van der Waals surface area contributed by atoms with Gasteiger partial charge in [-0.25, -0.2) is 0 Å². The fourth-order valence-electron chi connectivity index (χ4n) is 2.94. The molecule has 7 heteroatoms. The summed E-state index contributed by atoms with van der Waals surface area (Å²) in [5, 5.41) is 19.4. The largest absolute Gasteiger partial charge is 0.353 e. The van der Waals surface area contributed by atoms with Gasteiger partial charge in [0.1, 0.15) is 0 Å². The smallest absolute Gasteiger partial charge is 0.220 e. The van der Waals surface area contributed by atoms with Crippen LogP contribution in [0.15, 0.2) is 10.2 Å². The molecule has 0 aromatic carbocycles. The molecular weight excluding hydrogens is 280 g/mol. The van der Waals surface area contributed by atoms with Crippen LogP contribution in [0.2, 0.25) is 0 Å². The Morgan fingerprint density at radius 1 is 1.50 bits per heavy atom. The van der Waals surface area contributed by atoms with Gasteiger partial charge in [-0.1, -0.05) is 5.21 Å². The van der Waals surface area contributed by atoms with Crippen LogP contribution < -0.4 is 5.32 Å². The number of nitrogens with zero attached hydrogens (tertiary/aromatic N) is 5. The number of terminal acetylenes is 1. The third-order valence-electron chi connectivity index (χ3n) is 4.36. The van der Waals surface area contributed by atoms with Gasteiger partial charge in [-0.05, 0) is 12.8 Å². The molecule has 0 radical (unpaired) electrons. The van der Waals surface area contributed by atoms with Crippen molar-refractivity contribution in [2.45, 2.75) is 56.7 Å². The summed E-state index contributed by atoms with van der Waals surface area (Å²) in [6, 6.07) is 0.145. The van der Waals surface area contributed by atoms with Gasteiger partial charge in [0.25, 0.3) is 0 Å². The van der Waals surface area contributed by atoms with Gasteiger partial charge in [0.05, 0.1) is 11.4 Å². The Kier molecular flexibility index (Phi) is 3.92. The van der Waals surface area contributed by atoms with Gasteiger partial charge in [-0.15, -0.1) is 17.4 Å². The maximum Gasteiger partial charge on any atom is 0.220 e. The SMILES string of the molecule is C#CCCC1(CCC(=O)NC2CCc3c(nnn3C)C2)N=N1. The van der Waals surface area contributed by atoms with E-state index in [1.54, 1.807) is 0 Å². The van der Waals surface area contributed by atoms with Crippen molar-refractivity contribution in [3.8, 4) is 12.3 Å². The van der Waals surface area contributed by atoms with E-state index in [9.17, 15) is 4.79 Å². The molecule has 2 heterocycles. The first-order valence-corrected chi connectivity index (χ1v) is 7.66. The van der Waals surface area contributed by atoms with Crippen LogP contribution in [-0.4, -0.2) is 32.6 Å². The summed E-state index contributed by atoms with van der Waals surface area (Å²) in [4.78, 5) is 12.1. The standard InChI is InChI=1S/C15H20N6O/c1-3-4-8-15(18-19-15)9-7-14(22)16-11-5-6-13-12(10-11)17-20-21(13)2/h1,11H,4-10H2,2H3,(H,16,22). The normalized spacial score (nSPS) is 21.0. The first kappa shape index (κ1) is 14.7. The van der Waals surface area contributed by atoms with Gasteiger partial charge in [-0.2, -0.15) is 10.2 Å². The molecule has 0 spiro atoms. The van der Waals surface area contributed by atoms with Crippen molar-refractivity contribution in [3.63, 3.8) is 0 Å². The average molecular weight is 300 g/mol. The quantitative estimate of drug-likeness (QED) is 0.800. The third kappa shape index (κ3) is 3.16. The Hall–Kier alpha value is -2.23. The molecule has 0 bridgehead atoms. The molecule has 1 aromatic heterocycles. The summed E-state index contributed by atoms with van der Waals surface area (Å²) in [5.41, 5.74) is 1.79. The van der Waals surface area contributed by atoms with E-state index in [1.165, 1.54) is 5.69 Å². The van der Waals surface area contributed by atoms with Crippen molar-refractivity contribution in [1.29, 1.82) is 0 Å². The number of nitrogens with one attached hydrogen (secondary N) is 1. The molecule has 1 unspecified atom stereocenters. The maximum atomic E-state index is 12.1. The van der Waals surface area contributed by atoms with Crippen molar-refractivity contribution >= 4 is 5.91 Å². The first-order valence-electron chi connectivity index (χ1n) is 7.66. The van der Waals surface area contributed by atoms with E-state index in [4.69, 9.17) is 6.42 Å². The highest BCUT2D eigenvalue weighted by atomic mass is 16.1. The molecule has 7 nitrogen and oxygen atoms in total. The molecule has 1 N–H and O–H groups in total. The Labute approximate surface area is 129 Å². The van der Waals surface area contributed by atoms with E-state index in [-0.39, 0.29) is 17.6 Å². The Morgan fingerprint density at radius 3 is 3.05 bits per heavy atom. The van der Waals surface area contributed by atoms with Crippen LogP contribution in [0.5, 0.6) is 0 Å². The summed E-state index contributed by atoms with van der Waals surface area (Å²) in [7, 11) is 1.91. The second-order valence-electron chi connectivity index (χ2n) is 6.00. The molecule has 1 aliphatic heterocycles. The lowest BCUT2D eigenvalue weighted by molar-refractivity contribution is -0.122. The van der Waals surface area contributed by atoms with E-state index >= 15 is 0 Å². The van der Waals surface area contributed by atoms with Crippen LogP contribution in [-0.2, 0) is 24.7 Å². The molecule has 1 amide bonds. The van der Waals surface area contributed by atoms with Crippen molar-refractivity contribution in [1.82, 2.24) is 20.3 Å². The van der Waals surface area contributed by atoms with Gasteiger partial charge in [-0.3, -0.25) is 9.48 Å². The van der Waals surface area contributed by atoms with Gasteiger partial charge >= 0.3 is 0 Å². The van der Waals surface area contributed by atoms with E-state index < -0.39 is 0 Å². The highest BCUT2D eigenvalue weighted by molar-refractivity contribution is 5.76. The van der Waals surface area contributed by atoms with Gasteiger partial charge < -0.3 is 5.32 Å². The van der Waals surface area contributed by atoms with Gasteiger partial charge in [0.15, 0.2) is 5.66 Å². The van der Waals surface area contributed by atoms with Crippen molar-refractivity contribution in [3.05, 3.63) is 11.4 Å². The average Bonchev–Trinajstić information content (AvgIpc) is 3.20. The Morgan fingerprint density at radius 2 is 2.32 bits per heavy atom. The number of hydrogen-bond donors (Lipinski definition) is 1. The molecule has 1 aromatic rings. The number of aryl methyl sites for hydroxylation is 1. The van der Waals surface area contributed by atoms with Crippen LogP contribution in [0.1, 0.15) is 43.5 Å². The molecule has 2 aliphatic rings. The minimum atomic E-state index is -0.381.